The highest BCUT2D eigenvalue weighted by atomic mass is 35.5. The Bertz CT molecular complexity index is 709. The summed E-state index contributed by atoms with van der Waals surface area (Å²) in [5.74, 6) is 0.402. The molecule has 96 valence electrons. The van der Waals surface area contributed by atoms with Crippen molar-refractivity contribution in [2.45, 2.75) is 12.1 Å². The molecule has 2 N–H and O–H groups in total. The van der Waals surface area contributed by atoms with Gasteiger partial charge in [0.05, 0.1) is 0 Å². The molecule has 0 aliphatic heterocycles. The van der Waals surface area contributed by atoms with Gasteiger partial charge in [-0.15, -0.1) is 10.2 Å². The number of rotatable bonds is 2. The zero-order valence-corrected chi connectivity index (χ0v) is 11.3. The molecule has 0 amide bonds. The Hall–Kier alpha value is -1.44. The molecule has 2 rings (SSSR count). The van der Waals surface area contributed by atoms with E-state index in [1.165, 1.54) is 11.6 Å². The molecule has 1 aromatic carbocycles. The van der Waals surface area contributed by atoms with Gasteiger partial charge in [0.25, 0.3) is 15.2 Å². The van der Waals surface area contributed by atoms with Crippen LogP contribution in [0.2, 0.25) is 5.02 Å². The molecule has 0 unspecified atom stereocenters. The van der Waals surface area contributed by atoms with Crippen LogP contribution in [-0.2, 0) is 17.1 Å². The van der Waals surface area contributed by atoms with Crippen molar-refractivity contribution in [1.29, 1.82) is 0 Å². The zero-order chi connectivity index (χ0) is 13.5. The Morgan fingerprint density at radius 3 is 2.56 bits per heavy atom. The Labute approximate surface area is 109 Å². The Kier molecular flexibility index (Phi) is 3.14. The summed E-state index contributed by atoms with van der Waals surface area (Å²) in [6.45, 7) is 1.87. The van der Waals surface area contributed by atoms with Crippen LogP contribution in [0.3, 0.4) is 0 Å². The highest BCUT2D eigenvalue weighted by Crippen LogP contribution is 2.25. The van der Waals surface area contributed by atoms with Crippen LogP contribution in [0.5, 0.6) is 0 Å². The van der Waals surface area contributed by atoms with E-state index in [0.717, 1.165) is 5.56 Å². The molecule has 0 atom stereocenters. The van der Waals surface area contributed by atoms with Crippen LogP contribution >= 0.6 is 11.6 Å². The molecule has 2 aromatic rings. The molecule has 1 heterocycles. The molecule has 0 saturated carbocycles. The molecular weight excluding hydrogens is 276 g/mol. The number of primary sulfonamides is 1. The van der Waals surface area contributed by atoms with Gasteiger partial charge in [0.1, 0.15) is 0 Å². The monoisotopic (exact) mass is 286 g/mol. The van der Waals surface area contributed by atoms with Crippen molar-refractivity contribution >= 4 is 21.6 Å². The maximum atomic E-state index is 11.3. The largest absolute Gasteiger partial charge is 0.300 e. The molecule has 0 aliphatic carbocycles. The number of hydrogen-bond acceptors (Lipinski definition) is 4. The topological polar surface area (TPSA) is 90.9 Å². The minimum atomic E-state index is -3.89. The second kappa shape index (κ2) is 4.34. The van der Waals surface area contributed by atoms with Gasteiger partial charge in [-0.25, -0.2) is 13.6 Å². The first-order chi connectivity index (χ1) is 8.30. The van der Waals surface area contributed by atoms with Crippen molar-refractivity contribution in [3.63, 3.8) is 0 Å². The van der Waals surface area contributed by atoms with Crippen molar-refractivity contribution in [2.75, 3.05) is 0 Å². The average Bonchev–Trinajstić information content (AvgIpc) is 2.63. The van der Waals surface area contributed by atoms with Gasteiger partial charge in [-0.1, -0.05) is 17.7 Å². The van der Waals surface area contributed by atoms with Crippen LogP contribution in [0.4, 0.5) is 0 Å². The lowest BCUT2D eigenvalue weighted by atomic mass is 10.1. The average molecular weight is 287 g/mol. The fourth-order valence-electron chi connectivity index (χ4n) is 1.63. The fraction of sp³-hybridized carbons (Fsp3) is 0.200. The quantitative estimate of drug-likeness (QED) is 0.894. The highest BCUT2D eigenvalue weighted by molar-refractivity contribution is 7.89. The third kappa shape index (κ3) is 2.24. The van der Waals surface area contributed by atoms with Gasteiger partial charge in [-0.2, -0.15) is 0 Å². The molecule has 0 radical (unpaired) electrons. The van der Waals surface area contributed by atoms with Crippen molar-refractivity contribution in [1.82, 2.24) is 14.8 Å². The van der Waals surface area contributed by atoms with Crippen molar-refractivity contribution in [2.24, 2.45) is 12.2 Å². The normalized spacial score (nSPS) is 11.8. The summed E-state index contributed by atoms with van der Waals surface area (Å²) in [6, 6.07) is 5.27. The zero-order valence-electron chi connectivity index (χ0n) is 9.75. The Morgan fingerprint density at radius 1 is 1.33 bits per heavy atom. The van der Waals surface area contributed by atoms with Gasteiger partial charge in [-0.3, -0.25) is 4.57 Å². The predicted molar refractivity (Wildman–Crippen MR) is 67.6 cm³/mol. The summed E-state index contributed by atoms with van der Waals surface area (Å²) >= 11 is 5.92. The number of benzene rings is 1. The summed E-state index contributed by atoms with van der Waals surface area (Å²) in [4.78, 5) is 0. The third-order valence-corrected chi connectivity index (χ3v) is 3.63. The summed E-state index contributed by atoms with van der Waals surface area (Å²) in [5, 5.41) is 12.7. The van der Waals surface area contributed by atoms with Gasteiger partial charge in [-0.05, 0) is 24.6 Å². The third-order valence-electron chi connectivity index (χ3n) is 2.53. The smallest absolute Gasteiger partial charge is 0.273 e. The highest BCUT2D eigenvalue weighted by Gasteiger charge is 2.20. The van der Waals surface area contributed by atoms with Gasteiger partial charge in [0, 0.05) is 17.6 Å². The van der Waals surface area contributed by atoms with Gasteiger partial charge < -0.3 is 0 Å². The first-order valence-corrected chi connectivity index (χ1v) is 6.92. The molecule has 6 nitrogen and oxygen atoms in total. The first kappa shape index (κ1) is 13.0. The Morgan fingerprint density at radius 2 is 2.00 bits per heavy atom. The number of halogens is 1. The SMILES string of the molecule is Cc1ccc(Cl)cc1-c1nnc(S(N)(=O)=O)n1C. The summed E-state index contributed by atoms with van der Waals surface area (Å²) < 4.78 is 23.9. The fourth-order valence-corrected chi connectivity index (χ4v) is 2.43. The first-order valence-electron chi connectivity index (χ1n) is 4.99. The maximum Gasteiger partial charge on any atom is 0.273 e. The molecule has 0 bridgehead atoms. The number of sulfonamides is 1. The second-order valence-corrected chi connectivity index (χ2v) is 5.76. The molecule has 0 saturated heterocycles. The van der Waals surface area contributed by atoms with Crippen molar-refractivity contribution < 1.29 is 8.42 Å². The van der Waals surface area contributed by atoms with Crippen LogP contribution in [-0.4, -0.2) is 23.2 Å². The lowest BCUT2D eigenvalue weighted by Crippen LogP contribution is -2.17. The summed E-state index contributed by atoms with van der Waals surface area (Å²) in [7, 11) is -2.35. The van der Waals surface area contributed by atoms with E-state index in [1.807, 2.05) is 13.0 Å². The van der Waals surface area contributed by atoms with E-state index in [9.17, 15) is 8.42 Å². The second-order valence-electron chi connectivity index (χ2n) is 3.87. The minimum absolute atomic E-state index is 0.281. The minimum Gasteiger partial charge on any atom is -0.300 e. The van der Waals surface area contributed by atoms with E-state index >= 15 is 0 Å². The van der Waals surface area contributed by atoms with Crippen molar-refractivity contribution in [3.8, 4) is 11.4 Å². The molecule has 18 heavy (non-hydrogen) atoms. The van der Waals surface area contributed by atoms with Crippen LogP contribution in [0, 0.1) is 6.92 Å². The van der Waals surface area contributed by atoms with E-state index in [1.54, 1.807) is 12.1 Å². The van der Waals surface area contributed by atoms with E-state index < -0.39 is 10.0 Å². The number of aromatic nitrogens is 3. The van der Waals surface area contributed by atoms with E-state index in [2.05, 4.69) is 10.2 Å². The van der Waals surface area contributed by atoms with Crippen molar-refractivity contribution in [3.05, 3.63) is 28.8 Å². The lowest BCUT2D eigenvalue weighted by Gasteiger charge is -2.06. The van der Waals surface area contributed by atoms with Crippen LogP contribution < -0.4 is 5.14 Å². The Balaban J connectivity index is 2.67. The molecule has 0 fully saturated rings. The van der Waals surface area contributed by atoms with Crippen LogP contribution in [0.25, 0.3) is 11.4 Å². The molecular formula is C10H11ClN4O2S. The van der Waals surface area contributed by atoms with E-state index in [-0.39, 0.29) is 5.16 Å². The number of nitrogens with zero attached hydrogens (tertiary/aromatic N) is 3. The number of nitrogens with two attached hydrogens (primary N) is 1. The molecule has 1 aromatic heterocycles. The van der Waals surface area contributed by atoms with Crippen LogP contribution in [0.15, 0.2) is 23.4 Å². The van der Waals surface area contributed by atoms with Gasteiger partial charge >= 0.3 is 0 Å². The van der Waals surface area contributed by atoms with E-state index in [0.29, 0.717) is 16.4 Å². The summed E-state index contributed by atoms with van der Waals surface area (Å²) in [5.41, 5.74) is 1.63. The number of hydrogen-bond donors (Lipinski definition) is 1. The van der Waals surface area contributed by atoms with Crippen LogP contribution in [0.1, 0.15) is 5.56 Å². The summed E-state index contributed by atoms with van der Waals surface area (Å²) in [6.07, 6.45) is 0. The lowest BCUT2D eigenvalue weighted by molar-refractivity contribution is 0.580. The van der Waals surface area contributed by atoms with E-state index in [4.69, 9.17) is 16.7 Å². The van der Waals surface area contributed by atoms with Gasteiger partial charge in [0.2, 0.25) is 0 Å². The maximum absolute atomic E-state index is 11.3. The molecule has 0 aliphatic rings. The standard InChI is InChI=1S/C10H11ClN4O2S/c1-6-3-4-7(11)5-8(6)9-13-14-10(15(9)2)18(12,16)17/h3-5H,1-2H3,(H2,12,16,17). The van der Waals surface area contributed by atoms with Gasteiger partial charge in [0.15, 0.2) is 5.82 Å². The molecule has 0 spiro atoms. The number of aryl methyl sites for hydroxylation is 1. The molecule has 8 heteroatoms. The predicted octanol–water partition coefficient (Wildman–Crippen LogP) is 1.09.